The third-order valence-electron chi connectivity index (χ3n) is 3.12. The Morgan fingerprint density at radius 2 is 2.18 bits per heavy atom. The number of rotatable bonds is 5. The maximum atomic E-state index is 5.95. The van der Waals surface area contributed by atoms with Crippen LogP contribution >= 0.6 is 0 Å². The van der Waals surface area contributed by atoms with Crippen molar-refractivity contribution in [3.05, 3.63) is 11.9 Å². The summed E-state index contributed by atoms with van der Waals surface area (Å²) in [5.74, 6) is 6.83. The second kappa shape index (κ2) is 5.82. The molecule has 2 rings (SSSR count). The first-order valence-electron chi connectivity index (χ1n) is 6.32. The maximum absolute atomic E-state index is 5.95. The third kappa shape index (κ3) is 2.85. The standard InChI is InChI=1S/C12H20N4O/c1-2-5-10-11(16-13)14-8-15-12(10)17-9-6-3-4-7-9/h8-9H,2-7,13H2,1H3,(H,14,15,16). The van der Waals surface area contributed by atoms with Crippen LogP contribution in [0.15, 0.2) is 6.33 Å². The number of nitrogen functional groups attached to an aromatic ring is 1. The number of nitrogens with one attached hydrogen (secondary N) is 1. The minimum Gasteiger partial charge on any atom is -0.474 e. The van der Waals surface area contributed by atoms with Gasteiger partial charge in [0.1, 0.15) is 18.2 Å². The van der Waals surface area contributed by atoms with E-state index in [9.17, 15) is 0 Å². The minimum atomic E-state index is 0.311. The molecule has 1 aliphatic carbocycles. The van der Waals surface area contributed by atoms with Gasteiger partial charge in [0.05, 0.1) is 5.56 Å². The smallest absolute Gasteiger partial charge is 0.222 e. The molecule has 1 saturated carbocycles. The van der Waals surface area contributed by atoms with Gasteiger partial charge in [0.25, 0.3) is 0 Å². The summed E-state index contributed by atoms with van der Waals surface area (Å²) in [5.41, 5.74) is 3.60. The Hall–Kier alpha value is -1.36. The number of aromatic nitrogens is 2. The van der Waals surface area contributed by atoms with E-state index in [2.05, 4.69) is 22.3 Å². The Morgan fingerprint density at radius 1 is 1.41 bits per heavy atom. The van der Waals surface area contributed by atoms with Crippen LogP contribution in [0.5, 0.6) is 5.88 Å². The van der Waals surface area contributed by atoms with E-state index in [0.717, 1.165) is 31.2 Å². The highest BCUT2D eigenvalue weighted by atomic mass is 16.5. The van der Waals surface area contributed by atoms with Gasteiger partial charge < -0.3 is 10.2 Å². The summed E-state index contributed by atoms with van der Waals surface area (Å²) in [6.07, 6.45) is 8.46. The number of hydrogen-bond donors (Lipinski definition) is 2. The van der Waals surface area contributed by atoms with Gasteiger partial charge in [0.15, 0.2) is 0 Å². The van der Waals surface area contributed by atoms with E-state index in [0.29, 0.717) is 17.8 Å². The molecule has 3 N–H and O–H groups in total. The molecule has 1 heterocycles. The van der Waals surface area contributed by atoms with Gasteiger partial charge in [-0.3, -0.25) is 0 Å². The molecule has 1 aromatic heterocycles. The maximum Gasteiger partial charge on any atom is 0.222 e. The fraction of sp³-hybridized carbons (Fsp3) is 0.667. The van der Waals surface area contributed by atoms with Crippen molar-refractivity contribution in [1.29, 1.82) is 0 Å². The third-order valence-corrected chi connectivity index (χ3v) is 3.12. The summed E-state index contributed by atoms with van der Waals surface area (Å²) in [4.78, 5) is 8.36. The molecule has 0 spiro atoms. The van der Waals surface area contributed by atoms with Crippen LogP contribution in [0, 0.1) is 0 Å². The summed E-state index contributed by atoms with van der Waals surface area (Å²) in [5, 5.41) is 0. The number of hydrazine groups is 1. The number of ether oxygens (including phenoxy) is 1. The molecule has 1 aliphatic rings. The van der Waals surface area contributed by atoms with Crippen LogP contribution in [0.4, 0.5) is 5.82 Å². The van der Waals surface area contributed by atoms with Gasteiger partial charge in [-0.15, -0.1) is 0 Å². The van der Waals surface area contributed by atoms with Crippen molar-refractivity contribution >= 4 is 5.82 Å². The second-order valence-electron chi connectivity index (χ2n) is 4.42. The first-order valence-corrected chi connectivity index (χ1v) is 6.32. The zero-order valence-electron chi connectivity index (χ0n) is 10.3. The van der Waals surface area contributed by atoms with Crippen molar-refractivity contribution in [1.82, 2.24) is 9.97 Å². The zero-order valence-corrected chi connectivity index (χ0v) is 10.3. The van der Waals surface area contributed by atoms with E-state index in [1.807, 2.05) is 0 Å². The Labute approximate surface area is 102 Å². The number of nitrogens with zero attached hydrogens (tertiary/aromatic N) is 2. The summed E-state index contributed by atoms with van der Waals surface area (Å²) >= 11 is 0. The molecule has 1 aromatic rings. The Bertz CT molecular complexity index is 364. The van der Waals surface area contributed by atoms with Crippen molar-refractivity contribution in [2.24, 2.45) is 5.84 Å². The second-order valence-corrected chi connectivity index (χ2v) is 4.42. The van der Waals surface area contributed by atoms with Crippen molar-refractivity contribution < 1.29 is 4.74 Å². The summed E-state index contributed by atoms with van der Waals surface area (Å²) in [6.45, 7) is 2.12. The lowest BCUT2D eigenvalue weighted by Gasteiger charge is -2.16. The molecule has 5 nitrogen and oxygen atoms in total. The quantitative estimate of drug-likeness (QED) is 0.604. The molecule has 5 heteroatoms. The molecule has 0 aromatic carbocycles. The minimum absolute atomic E-state index is 0.311. The van der Waals surface area contributed by atoms with Crippen molar-refractivity contribution in [3.8, 4) is 5.88 Å². The van der Waals surface area contributed by atoms with Crippen LogP contribution in [0.25, 0.3) is 0 Å². The van der Waals surface area contributed by atoms with Gasteiger partial charge in [0.2, 0.25) is 5.88 Å². The van der Waals surface area contributed by atoms with Crippen molar-refractivity contribution in [2.75, 3.05) is 5.43 Å². The van der Waals surface area contributed by atoms with Gasteiger partial charge in [-0.2, -0.15) is 0 Å². The SMILES string of the molecule is CCCc1c(NN)ncnc1OC1CCCC1. The van der Waals surface area contributed by atoms with Crippen LogP contribution in [0.3, 0.4) is 0 Å². The van der Waals surface area contributed by atoms with Gasteiger partial charge in [-0.05, 0) is 32.1 Å². The first kappa shape index (κ1) is 12.1. The van der Waals surface area contributed by atoms with Crippen molar-refractivity contribution in [2.45, 2.75) is 51.6 Å². The highest BCUT2D eigenvalue weighted by Gasteiger charge is 2.20. The predicted molar refractivity (Wildman–Crippen MR) is 66.7 cm³/mol. The fourth-order valence-corrected chi connectivity index (χ4v) is 2.26. The molecule has 0 atom stereocenters. The van der Waals surface area contributed by atoms with E-state index < -0.39 is 0 Å². The van der Waals surface area contributed by atoms with E-state index >= 15 is 0 Å². The molecule has 17 heavy (non-hydrogen) atoms. The topological polar surface area (TPSA) is 73.1 Å². The van der Waals surface area contributed by atoms with Gasteiger partial charge in [-0.25, -0.2) is 15.8 Å². The van der Waals surface area contributed by atoms with Crippen LogP contribution in [0.2, 0.25) is 0 Å². The molecular weight excluding hydrogens is 216 g/mol. The Morgan fingerprint density at radius 3 is 2.82 bits per heavy atom. The van der Waals surface area contributed by atoms with E-state index in [1.54, 1.807) is 0 Å². The molecule has 94 valence electrons. The van der Waals surface area contributed by atoms with Crippen LogP contribution in [0.1, 0.15) is 44.6 Å². The van der Waals surface area contributed by atoms with E-state index in [4.69, 9.17) is 10.6 Å². The predicted octanol–water partition coefficient (Wildman–Crippen LogP) is 2.04. The summed E-state index contributed by atoms with van der Waals surface area (Å²) < 4.78 is 5.95. The molecule has 1 fully saturated rings. The number of hydrogen-bond acceptors (Lipinski definition) is 5. The molecule has 0 amide bonds. The fourth-order valence-electron chi connectivity index (χ4n) is 2.26. The van der Waals surface area contributed by atoms with Gasteiger partial charge >= 0.3 is 0 Å². The van der Waals surface area contributed by atoms with Crippen LogP contribution in [-0.2, 0) is 6.42 Å². The van der Waals surface area contributed by atoms with Gasteiger partial charge in [0, 0.05) is 0 Å². The molecule has 0 saturated heterocycles. The molecular formula is C12H20N4O. The summed E-state index contributed by atoms with van der Waals surface area (Å²) in [6, 6.07) is 0. The lowest BCUT2D eigenvalue weighted by molar-refractivity contribution is 0.199. The molecule has 0 radical (unpaired) electrons. The number of anilines is 1. The first-order chi connectivity index (χ1) is 8.35. The average molecular weight is 236 g/mol. The highest BCUT2D eigenvalue weighted by Crippen LogP contribution is 2.28. The highest BCUT2D eigenvalue weighted by molar-refractivity contribution is 5.47. The average Bonchev–Trinajstić information content (AvgIpc) is 2.84. The largest absolute Gasteiger partial charge is 0.474 e. The van der Waals surface area contributed by atoms with Crippen molar-refractivity contribution in [3.63, 3.8) is 0 Å². The Balaban J connectivity index is 2.18. The Kier molecular flexibility index (Phi) is 4.14. The zero-order chi connectivity index (χ0) is 12.1. The normalized spacial score (nSPS) is 16.1. The lowest BCUT2D eigenvalue weighted by atomic mass is 10.1. The number of nitrogens with two attached hydrogens (primary N) is 1. The monoisotopic (exact) mass is 236 g/mol. The van der Waals surface area contributed by atoms with Gasteiger partial charge in [-0.1, -0.05) is 13.3 Å². The summed E-state index contributed by atoms with van der Waals surface area (Å²) in [7, 11) is 0. The molecule has 0 aliphatic heterocycles. The molecule has 0 unspecified atom stereocenters. The van der Waals surface area contributed by atoms with Crippen LogP contribution in [-0.4, -0.2) is 16.1 Å². The lowest BCUT2D eigenvalue weighted by Crippen LogP contribution is -2.17. The van der Waals surface area contributed by atoms with E-state index in [-0.39, 0.29) is 0 Å². The van der Waals surface area contributed by atoms with E-state index in [1.165, 1.54) is 19.2 Å². The van der Waals surface area contributed by atoms with Crippen LogP contribution < -0.4 is 16.0 Å². The molecule has 0 bridgehead atoms.